The maximum Gasteiger partial charge on any atom is 0.287 e. The lowest BCUT2D eigenvalue weighted by Crippen LogP contribution is -2.64. The number of hydrogen-bond donors (Lipinski definition) is 1. The molecule has 1 amide bonds. The highest BCUT2D eigenvalue weighted by Gasteiger charge is 2.53. The monoisotopic (exact) mass is 293 g/mol. The van der Waals surface area contributed by atoms with E-state index in [1.165, 1.54) is 12.3 Å². The van der Waals surface area contributed by atoms with E-state index in [2.05, 4.69) is 0 Å². The van der Waals surface area contributed by atoms with Crippen molar-refractivity contribution < 1.29 is 14.8 Å². The Bertz CT molecular complexity index is 597. The summed E-state index contributed by atoms with van der Waals surface area (Å²) in [6.07, 6.45) is 3.43. The van der Waals surface area contributed by atoms with Crippen molar-refractivity contribution in [2.75, 3.05) is 13.1 Å². The summed E-state index contributed by atoms with van der Waals surface area (Å²) in [7, 11) is 0. The minimum atomic E-state index is -0.739. The van der Waals surface area contributed by atoms with Gasteiger partial charge in [0.05, 0.1) is 24.2 Å². The molecular weight excluding hydrogens is 274 g/mol. The van der Waals surface area contributed by atoms with Crippen molar-refractivity contribution in [3.05, 3.63) is 28.1 Å². The molecule has 2 fully saturated rings. The first-order chi connectivity index (χ1) is 9.82. The second kappa shape index (κ2) is 4.56. The zero-order chi connectivity index (χ0) is 15.4. The van der Waals surface area contributed by atoms with Crippen molar-refractivity contribution in [1.29, 1.82) is 0 Å². The van der Waals surface area contributed by atoms with Gasteiger partial charge in [-0.25, -0.2) is 0 Å². The van der Waals surface area contributed by atoms with Crippen molar-refractivity contribution in [2.45, 2.75) is 38.3 Å². The Morgan fingerprint density at radius 2 is 2.10 bits per heavy atom. The van der Waals surface area contributed by atoms with Gasteiger partial charge in [0.2, 0.25) is 0 Å². The fraction of sp³-hybridized carbons (Fsp3) is 0.643. The van der Waals surface area contributed by atoms with Gasteiger partial charge in [-0.1, -0.05) is 0 Å². The highest BCUT2D eigenvalue weighted by Crippen LogP contribution is 2.44. The number of carbonyl (C=O) groups excluding carboxylic acids is 1. The molecule has 7 nitrogen and oxygen atoms in total. The van der Waals surface area contributed by atoms with Crippen LogP contribution in [0.2, 0.25) is 0 Å². The van der Waals surface area contributed by atoms with Gasteiger partial charge in [0.1, 0.15) is 11.3 Å². The number of aromatic nitrogens is 1. The number of nitro groups is 1. The summed E-state index contributed by atoms with van der Waals surface area (Å²) in [5.74, 6) is 0.0647. The van der Waals surface area contributed by atoms with Gasteiger partial charge >= 0.3 is 0 Å². The Labute approximate surface area is 122 Å². The van der Waals surface area contributed by atoms with E-state index >= 15 is 0 Å². The summed E-state index contributed by atoms with van der Waals surface area (Å²) >= 11 is 0. The number of aliphatic hydroxyl groups is 1. The highest BCUT2D eigenvalue weighted by molar-refractivity contribution is 5.94. The van der Waals surface area contributed by atoms with Crippen molar-refractivity contribution in [3.63, 3.8) is 0 Å². The van der Waals surface area contributed by atoms with Crippen LogP contribution in [0.15, 0.2) is 12.3 Å². The number of hydrogen-bond acceptors (Lipinski definition) is 4. The standard InChI is InChI=1S/C14H19N3O4/c1-9(2)16-6-11(17(20)21)5-12(16)13(18)15-7-14(19,8-15)10-3-4-10/h5-6,9-10,19H,3-4,7-8H2,1-2H3. The van der Waals surface area contributed by atoms with Crippen LogP contribution in [0.4, 0.5) is 5.69 Å². The molecule has 2 aliphatic rings. The predicted molar refractivity (Wildman–Crippen MR) is 75.0 cm³/mol. The van der Waals surface area contributed by atoms with Gasteiger partial charge in [-0.3, -0.25) is 14.9 Å². The van der Waals surface area contributed by atoms with Crippen LogP contribution in [0.5, 0.6) is 0 Å². The molecule has 1 aromatic rings. The number of nitrogens with zero attached hydrogens (tertiary/aromatic N) is 3. The molecule has 1 saturated heterocycles. The predicted octanol–water partition coefficient (Wildman–Crippen LogP) is 1.57. The van der Waals surface area contributed by atoms with Gasteiger partial charge in [-0.05, 0) is 32.6 Å². The van der Waals surface area contributed by atoms with Crippen LogP contribution < -0.4 is 0 Å². The molecule has 2 heterocycles. The SMILES string of the molecule is CC(C)n1cc([N+](=O)[O-])cc1C(=O)N1CC(O)(C2CC2)C1. The van der Waals surface area contributed by atoms with Crippen LogP contribution in [0.3, 0.4) is 0 Å². The molecule has 1 N–H and O–H groups in total. The smallest absolute Gasteiger partial charge is 0.287 e. The Kier molecular flexibility index (Phi) is 3.05. The maximum absolute atomic E-state index is 12.5. The molecular formula is C14H19N3O4. The van der Waals surface area contributed by atoms with E-state index in [1.807, 2.05) is 13.8 Å². The Morgan fingerprint density at radius 1 is 1.48 bits per heavy atom. The molecule has 1 aromatic heterocycles. The van der Waals surface area contributed by atoms with E-state index < -0.39 is 10.5 Å². The van der Waals surface area contributed by atoms with E-state index in [0.29, 0.717) is 24.7 Å². The van der Waals surface area contributed by atoms with Gasteiger partial charge in [-0.2, -0.15) is 0 Å². The minimum Gasteiger partial charge on any atom is -0.386 e. The second-order valence-corrected chi connectivity index (χ2v) is 6.38. The lowest BCUT2D eigenvalue weighted by molar-refractivity contribution is -0.384. The zero-order valence-electron chi connectivity index (χ0n) is 12.2. The van der Waals surface area contributed by atoms with Gasteiger partial charge < -0.3 is 14.6 Å². The summed E-state index contributed by atoms with van der Waals surface area (Å²) in [4.78, 5) is 24.5. The first-order valence-corrected chi connectivity index (χ1v) is 7.20. The molecule has 1 saturated carbocycles. The summed E-state index contributed by atoms with van der Waals surface area (Å²) in [5, 5.41) is 21.2. The number of rotatable bonds is 4. The van der Waals surface area contributed by atoms with Crippen LogP contribution in [0.25, 0.3) is 0 Å². The zero-order valence-corrected chi connectivity index (χ0v) is 12.2. The molecule has 0 spiro atoms. The molecule has 0 atom stereocenters. The normalized spacial score (nSPS) is 20.5. The molecule has 0 bridgehead atoms. The van der Waals surface area contributed by atoms with E-state index in [0.717, 1.165) is 12.8 Å². The second-order valence-electron chi connectivity index (χ2n) is 6.38. The molecule has 21 heavy (non-hydrogen) atoms. The van der Waals surface area contributed by atoms with E-state index in [4.69, 9.17) is 0 Å². The van der Waals surface area contributed by atoms with Crippen molar-refractivity contribution in [1.82, 2.24) is 9.47 Å². The van der Waals surface area contributed by atoms with Gasteiger partial charge in [0, 0.05) is 12.1 Å². The number of amides is 1. The molecule has 0 aromatic carbocycles. The van der Waals surface area contributed by atoms with Crippen LogP contribution >= 0.6 is 0 Å². The van der Waals surface area contributed by atoms with Gasteiger partial charge in [0.25, 0.3) is 11.6 Å². The summed E-state index contributed by atoms with van der Waals surface area (Å²) in [5.41, 5.74) is -0.504. The lowest BCUT2D eigenvalue weighted by atomic mass is 9.88. The molecule has 114 valence electrons. The first kappa shape index (κ1) is 14.1. The average molecular weight is 293 g/mol. The largest absolute Gasteiger partial charge is 0.386 e. The molecule has 0 radical (unpaired) electrons. The minimum absolute atomic E-state index is 0.0405. The van der Waals surface area contributed by atoms with Crippen molar-refractivity contribution in [2.24, 2.45) is 5.92 Å². The van der Waals surface area contributed by atoms with E-state index in [1.54, 1.807) is 9.47 Å². The third-order valence-electron chi connectivity index (χ3n) is 4.37. The molecule has 1 aliphatic heterocycles. The van der Waals surface area contributed by atoms with Crippen LogP contribution in [-0.2, 0) is 0 Å². The Balaban J connectivity index is 1.80. The quantitative estimate of drug-likeness (QED) is 0.674. The third kappa shape index (κ3) is 2.31. The molecule has 1 aliphatic carbocycles. The maximum atomic E-state index is 12.5. The topological polar surface area (TPSA) is 88.6 Å². The van der Waals surface area contributed by atoms with Crippen LogP contribution in [-0.4, -0.2) is 44.1 Å². The molecule has 0 unspecified atom stereocenters. The Hall–Kier alpha value is -1.89. The van der Waals surface area contributed by atoms with E-state index in [-0.39, 0.29) is 17.6 Å². The van der Waals surface area contributed by atoms with E-state index in [9.17, 15) is 20.0 Å². The number of carbonyl (C=O) groups is 1. The highest BCUT2D eigenvalue weighted by atomic mass is 16.6. The number of β-amino-alcohol motifs (C(OH)–C–C–N with tert-alkyl or cyclic N) is 1. The molecule has 3 rings (SSSR count). The molecule has 7 heteroatoms. The summed E-state index contributed by atoms with van der Waals surface area (Å²) in [6, 6.07) is 1.28. The lowest BCUT2D eigenvalue weighted by Gasteiger charge is -2.47. The van der Waals surface area contributed by atoms with Crippen LogP contribution in [0.1, 0.15) is 43.2 Å². The fourth-order valence-electron chi connectivity index (χ4n) is 2.96. The summed E-state index contributed by atoms with van der Waals surface area (Å²) < 4.78 is 1.62. The van der Waals surface area contributed by atoms with Crippen LogP contribution in [0, 0.1) is 16.0 Å². The fourth-order valence-corrected chi connectivity index (χ4v) is 2.96. The van der Waals surface area contributed by atoms with Gasteiger partial charge in [-0.15, -0.1) is 0 Å². The number of likely N-dealkylation sites (tertiary alicyclic amines) is 1. The van der Waals surface area contributed by atoms with Crippen molar-refractivity contribution >= 4 is 11.6 Å². The third-order valence-corrected chi connectivity index (χ3v) is 4.37. The summed E-state index contributed by atoms with van der Waals surface area (Å²) in [6.45, 7) is 4.40. The first-order valence-electron chi connectivity index (χ1n) is 7.20. The Morgan fingerprint density at radius 3 is 2.57 bits per heavy atom. The van der Waals surface area contributed by atoms with Gasteiger partial charge in [0.15, 0.2) is 0 Å². The average Bonchev–Trinajstić information content (AvgIpc) is 3.12. The van der Waals surface area contributed by atoms with Crippen molar-refractivity contribution in [3.8, 4) is 0 Å².